The van der Waals surface area contributed by atoms with Crippen molar-refractivity contribution in [1.29, 1.82) is 0 Å². The Kier molecular flexibility index (Phi) is 3.13. The summed E-state index contributed by atoms with van der Waals surface area (Å²) in [6, 6.07) is 2.99. The van der Waals surface area contributed by atoms with Crippen LogP contribution in [0.2, 0.25) is 5.22 Å². The van der Waals surface area contributed by atoms with Gasteiger partial charge < -0.3 is 9.52 Å². The van der Waals surface area contributed by atoms with E-state index in [4.69, 9.17) is 16.0 Å². The van der Waals surface area contributed by atoms with Crippen molar-refractivity contribution >= 4 is 11.6 Å². The molecular weight excluding hydrogens is 257 g/mol. The Bertz CT molecular complexity index is 554. The minimum Gasteiger partial charge on any atom is -0.453 e. The maximum atomic E-state index is 13.4. The summed E-state index contributed by atoms with van der Waals surface area (Å²) in [5, 5.41) is 9.65. The van der Waals surface area contributed by atoms with Crippen LogP contribution in [0.1, 0.15) is 17.2 Å². The minimum absolute atomic E-state index is 0.0802. The number of benzene rings is 1. The first-order valence-electron chi connectivity index (χ1n) is 4.56. The standard InChI is InChI=1S/C11H6ClF3O2/c12-11-6(3-4-17-11)10(16)5-1-2-7(13)9(15)8(5)14/h1-4,10,16H. The van der Waals surface area contributed by atoms with Crippen molar-refractivity contribution in [1.82, 2.24) is 0 Å². The largest absolute Gasteiger partial charge is 0.453 e. The average molecular weight is 263 g/mol. The third kappa shape index (κ3) is 2.03. The molecule has 2 aromatic rings. The van der Waals surface area contributed by atoms with Crippen molar-refractivity contribution in [3.8, 4) is 0 Å². The molecule has 0 amide bonds. The van der Waals surface area contributed by atoms with Gasteiger partial charge in [0.1, 0.15) is 6.10 Å². The number of hydrogen-bond donors (Lipinski definition) is 1. The lowest BCUT2D eigenvalue weighted by Crippen LogP contribution is -2.05. The van der Waals surface area contributed by atoms with E-state index in [-0.39, 0.29) is 10.8 Å². The van der Waals surface area contributed by atoms with Gasteiger partial charge in [-0.05, 0) is 23.7 Å². The Balaban J connectivity index is 2.48. The van der Waals surface area contributed by atoms with E-state index < -0.39 is 29.1 Å². The highest BCUT2D eigenvalue weighted by molar-refractivity contribution is 6.29. The second-order valence-corrected chi connectivity index (χ2v) is 3.66. The van der Waals surface area contributed by atoms with Crippen LogP contribution in [0.5, 0.6) is 0 Å². The monoisotopic (exact) mass is 262 g/mol. The molecule has 90 valence electrons. The van der Waals surface area contributed by atoms with E-state index in [9.17, 15) is 18.3 Å². The average Bonchev–Trinajstić information content (AvgIpc) is 2.72. The smallest absolute Gasteiger partial charge is 0.199 e. The molecule has 0 aliphatic heterocycles. The SMILES string of the molecule is OC(c1ccoc1Cl)c1ccc(F)c(F)c1F. The summed E-state index contributed by atoms with van der Waals surface area (Å²) in [5.74, 6) is -4.41. The van der Waals surface area contributed by atoms with Gasteiger partial charge in [0.15, 0.2) is 22.7 Å². The summed E-state index contributed by atoms with van der Waals surface area (Å²) in [5.41, 5.74) is -0.330. The number of halogens is 4. The molecule has 1 N–H and O–H groups in total. The summed E-state index contributed by atoms with van der Waals surface area (Å²) in [4.78, 5) is 0. The van der Waals surface area contributed by atoms with E-state index in [0.29, 0.717) is 0 Å². The lowest BCUT2D eigenvalue weighted by Gasteiger charge is -2.11. The molecule has 0 aliphatic rings. The van der Waals surface area contributed by atoms with Gasteiger partial charge in [0.05, 0.1) is 6.26 Å². The van der Waals surface area contributed by atoms with Gasteiger partial charge >= 0.3 is 0 Å². The molecule has 2 nitrogen and oxygen atoms in total. The fraction of sp³-hybridized carbons (Fsp3) is 0.0909. The molecule has 1 aromatic carbocycles. The molecule has 1 heterocycles. The third-order valence-corrected chi connectivity index (χ3v) is 2.61. The summed E-state index contributed by atoms with van der Waals surface area (Å²) in [6.07, 6.45) is -0.324. The molecule has 6 heteroatoms. The second kappa shape index (κ2) is 4.43. The van der Waals surface area contributed by atoms with Crippen LogP contribution in [0.4, 0.5) is 13.2 Å². The third-order valence-electron chi connectivity index (χ3n) is 2.30. The summed E-state index contributed by atoms with van der Waals surface area (Å²) in [7, 11) is 0. The molecule has 17 heavy (non-hydrogen) atoms. The normalized spacial score (nSPS) is 12.8. The molecule has 1 aromatic heterocycles. The maximum Gasteiger partial charge on any atom is 0.199 e. The number of hydrogen-bond acceptors (Lipinski definition) is 2. The van der Waals surface area contributed by atoms with Gasteiger partial charge in [0.2, 0.25) is 0 Å². The zero-order valence-electron chi connectivity index (χ0n) is 8.25. The van der Waals surface area contributed by atoms with Crippen LogP contribution >= 0.6 is 11.6 Å². The Labute approximate surface area is 99.2 Å². The molecule has 0 radical (unpaired) electrons. The first-order valence-corrected chi connectivity index (χ1v) is 4.94. The fourth-order valence-corrected chi connectivity index (χ4v) is 1.64. The zero-order valence-corrected chi connectivity index (χ0v) is 9.01. The van der Waals surface area contributed by atoms with Gasteiger partial charge in [-0.15, -0.1) is 0 Å². The maximum absolute atomic E-state index is 13.4. The number of furan rings is 1. The van der Waals surface area contributed by atoms with Gasteiger partial charge in [-0.1, -0.05) is 6.07 Å². The fourth-order valence-electron chi connectivity index (χ4n) is 1.42. The van der Waals surface area contributed by atoms with Crippen LogP contribution in [-0.2, 0) is 0 Å². The molecule has 1 atom stereocenters. The molecule has 0 bridgehead atoms. The molecule has 0 fully saturated rings. The summed E-state index contributed by atoms with van der Waals surface area (Å²) < 4.78 is 43.8. The second-order valence-electron chi connectivity index (χ2n) is 3.32. The van der Waals surface area contributed by atoms with Crippen LogP contribution in [0.15, 0.2) is 28.9 Å². The minimum atomic E-state index is -1.64. The molecule has 0 spiro atoms. The summed E-state index contributed by atoms with van der Waals surface area (Å²) >= 11 is 5.59. The van der Waals surface area contributed by atoms with E-state index in [1.165, 1.54) is 12.3 Å². The first kappa shape index (κ1) is 12.0. The summed E-state index contributed by atoms with van der Waals surface area (Å²) in [6.45, 7) is 0. The van der Waals surface area contributed by atoms with Crippen LogP contribution in [0.25, 0.3) is 0 Å². The topological polar surface area (TPSA) is 33.4 Å². The van der Waals surface area contributed by atoms with Crippen LogP contribution in [-0.4, -0.2) is 5.11 Å². The van der Waals surface area contributed by atoms with E-state index in [0.717, 1.165) is 12.1 Å². The molecule has 0 aliphatic carbocycles. The van der Waals surface area contributed by atoms with Crippen molar-refractivity contribution in [2.45, 2.75) is 6.10 Å². The Morgan fingerprint density at radius 1 is 1.06 bits per heavy atom. The van der Waals surface area contributed by atoms with Crippen molar-refractivity contribution in [2.24, 2.45) is 0 Å². The van der Waals surface area contributed by atoms with Gasteiger partial charge in [-0.2, -0.15) is 0 Å². The van der Waals surface area contributed by atoms with E-state index in [1.54, 1.807) is 0 Å². The van der Waals surface area contributed by atoms with Crippen LogP contribution in [0, 0.1) is 17.5 Å². The van der Waals surface area contributed by atoms with Gasteiger partial charge in [0.25, 0.3) is 0 Å². The quantitative estimate of drug-likeness (QED) is 0.841. The molecule has 2 rings (SSSR count). The van der Waals surface area contributed by atoms with Gasteiger partial charge in [0, 0.05) is 11.1 Å². The molecular formula is C11H6ClF3O2. The van der Waals surface area contributed by atoms with E-state index in [1.807, 2.05) is 0 Å². The van der Waals surface area contributed by atoms with Crippen LogP contribution < -0.4 is 0 Å². The predicted octanol–water partition coefficient (Wildman–Crippen LogP) is 3.43. The van der Waals surface area contributed by atoms with Crippen molar-refractivity contribution in [3.05, 3.63) is 58.3 Å². The molecule has 0 saturated heterocycles. The Hall–Kier alpha value is -1.46. The van der Waals surface area contributed by atoms with E-state index >= 15 is 0 Å². The highest BCUT2D eigenvalue weighted by atomic mass is 35.5. The van der Waals surface area contributed by atoms with Crippen molar-refractivity contribution in [3.63, 3.8) is 0 Å². The van der Waals surface area contributed by atoms with Crippen molar-refractivity contribution in [2.75, 3.05) is 0 Å². The molecule has 1 unspecified atom stereocenters. The Morgan fingerprint density at radius 3 is 2.35 bits per heavy atom. The van der Waals surface area contributed by atoms with Crippen LogP contribution in [0.3, 0.4) is 0 Å². The number of rotatable bonds is 2. The van der Waals surface area contributed by atoms with Gasteiger partial charge in [-0.25, -0.2) is 13.2 Å². The highest BCUT2D eigenvalue weighted by Crippen LogP contribution is 2.31. The zero-order chi connectivity index (χ0) is 12.6. The Morgan fingerprint density at radius 2 is 1.76 bits per heavy atom. The lowest BCUT2D eigenvalue weighted by atomic mass is 10.0. The highest BCUT2D eigenvalue weighted by Gasteiger charge is 2.23. The van der Waals surface area contributed by atoms with E-state index in [2.05, 4.69) is 0 Å². The lowest BCUT2D eigenvalue weighted by molar-refractivity contribution is 0.212. The molecule has 0 saturated carbocycles. The first-order chi connectivity index (χ1) is 8.02. The predicted molar refractivity (Wildman–Crippen MR) is 54.1 cm³/mol. The van der Waals surface area contributed by atoms with Gasteiger partial charge in [-0.3, -0.25) is 0 Å². The van der Waals surface area contributed by atoms with Crippen molar-refractivity contribution < 1.29 is 22.7 Å². The number of aliphatic hydroxyl groups excluding tert-OH is 1. The number of aliphatic hydroxyl groups is 1.